The highest BCUT2D eigenvalue weighted by atomic mass is 19.1. The number of nitrogens with zero attached hydrogens (tertiary/aromatic N) is 1. The van der Waals surface area contributed by atoms with Gasteiger partial charge in [-0.15, -0.1) is 0 Å². The van der Waals surface area contributed by atoms with Crippen LogP contribution in [0.2, 0.25) is 0 Å². The fraction of sp³-hybridized carbons (Fsp3) is 0.333. The van der Waals surface area contributed by atoms with Crippen LogP contribution >= 0.6 is 0 Å². The molecule has 4 nitrogen and oxygen atoms in total. The predicted molar refractivity (Wildman–Crippen MR) is 57.4 cm³/mol. The van der Waals surface area contributed by atoms with Crippen molar-refractivity contribution in [3.05, 3.63) is 34.6 Å². The van der Waals surface area contributed by atoms with Gasteiger partial charge in [-0.3, -0.25) is 4.79 Å². The number of esters is 1. The van der Waals surface area contributed by atoms with Gasteiger partial charge in [-0.05, 0) is 24.6 Å². The SMILES string of the molecule is CCOC(=O)Cc1cc(C#N)c(F)c(CO)c1. The molecular formula is C12H12FNO3. The molecule has 0 radical (unpaired) electrons. The van der Waals surface area contributed by atoms with Crippen molar-refractivity contribution in [3.8, 4) is 6.07 Å². The van der Waals surface area contributed by atoms with Crippen LogP contribution in [0.25, 0.3) is 0 Å². The fourth-order valence-corrected chi connectivity index (χ4v) is 1.43. The number of aliphatic hydroxyl groups is 1. The van der Waals surface area contributed by atoms with Gasteiger partial charge in [-0.1, -0.05) is 0 Å². The summed E-state index contributed by atoms with van der Waals surface area (Å²) in [5.74, 6) is -1.20. The molecule has 1 N–H and O–H groups in total. The Labute approximate surface area is 98.2 Å². The van der Waals surface area contributed by atoms with Gasteiger partial charge in [0.25, 0.3) is 0 Å². The molecule has 5 heteroatoms. The van der Waals surface area contributed by atoms with Gasteiger partial charge in [0.15, 0.2) is 0 Å². The van der Waals surface area contributed by atoms with E-state index in [0.29, 0.717) is 5.56 Å². The summed E-state index contributed by atoms with van der Waals surface area (Å²) in [7, 11) is 0. The Balaban J connectivity index is 3.02. The Morgan fingerprint density at radius 1 is 1.59 bits per heavy atom. The highest BCUT2D eigenvalue weighted by Gasteiger charge is 2.12. The highest BCUT2D eigenvalue weighted by Crippen LogP contribution is 2.16. The smallest absolute Gasteiger partial charge is 0.310 e. The molecule has 1 aromatic carbocycles. The second-order valence-electron chi connectivity index (χ2n) is 3.37. The Kier molecular flexibility index (Phi) is 4.61. The number of carbonyl (C=O) groups excluding carboxylic acids is 1. The van der Waals surface area contributed by atoms with E-state index in [-0.39, 0.29) is 24.2 Å². The Bertz CT molecular complexity index is 466. The van der Waals surface area contributed by atoms with Crippen LogP contribution in [0.3, 0.4) is 0 Å². The van der Waals surface area contributed by atoms with Crippen molar-refractivity contribution in [2.24, 2.45) is 0 Å². The quantitative estimate of drug-likeness (QED) is 0.801. The van der Waals surface area contributed by atoms with Gasteiger partial charge in [0.05, 0.1) is 25.2 Å². The van der Waals surface area contributed by atoms with Gasteiger partial charge >= 0.3 is 5.97 Å². The highest BCUT2D eigenvalue weighted by molar-refractivity contribution is 5.72. The van der Waals surface area contributed by atoms with Crippen LogP contribution in [0.5, 0.6) is 0 Å². The molecule has 0 saturated carbocycles. The number of halogens is 1. The normalized spacial score (nSPS) is 9.76. The molecule has 0 saturated heterocycles. The summed E-state index contributed by atoms with van der Waals surface area (Å²) < 4.78 is 18.2. The summed E-state index contributed by atoms with van der Waals surface area (Å²) in [6.07, 6.45) is -0.0458. The molecule has 0 unspecified atom stereocenters. The lowest BCUT2D eigenvalue weighted by molar-refractivity contribution is -0.142. The minimum atomic E-state index is -0.748. The minimum Gasteiger partial charge on any atom is -0.466 e. The fourth-order valence-electron chi connectivity index (χ4n) is 1.43. The Morgan fingerprint density at radius 2 is 2.29 bits per heavy atom. The summed E-state index contributed by atoms with van der Waals surface area (Å²) in [6, 6.07) is 4.31. The summed E-state index contributed by atoms with van der Waals surface area (Å²) >= 11 is 0. The third-order valence-corrected chi connectivity index (χ3v) is 2.15. The first-order valence-corrected chi connectivity index (χ1v) is 5.10. The second-order valence-corrected chi connectivity index (χ2v) is 3.37. The van der Waals surface area contributed by atoms with Crippen LogP contribution in [0.4, 0.5) is 4.39 Å². The molecular weight excluding hydrogens is 225 g/mol. The van der Waals surface area contributed by atoms with Gasteiger partial charge in [-0.25, -0.2) is 4.39 Å². The molecule has 1 rings (SSSR count). The van der Waals surface area contributed by atoms with E-state index in [1.807, 2.05) is 0 Å². The number of hydrogen-bond donors (Lipinski definition) is 1. The van der Waals surface area contributed by atoms with Gasteiger partial charge in [0, 0.05) is 5.56 Å². The summed E-state index contributed by atoms with van der Waals surface area (Å²) in [5, 5.41) is 17.6. The van der Waals surface area contributed by atoms with Gasteiger partial charge in [0.1, 0.15) is 11.9 Å². The lowest BCUT2D eigenvalue weighted by Gasteiger charge is -2.06. The molecule has 0 aromatic heterocycles. The average Bonchev–Trinajstić information content (AvgIpc) is 2.31. The number of hydrogen-bond acceptors (Lipinski definition) is 4. The van der Waals surface area contributed by atoms with E-state index in [4.69, 9.17) is 15.1 Å². The molecule has 0 aliphatic heterocycles. The van der Waals surface area contributed by atoms with Crippen LogP contribution < -0.4 is 0 Å². The molecule has 0 bridgehead atoms. The summed E-state index contributed by atoms with van der Waals surface area (Å²) in [5.41, 5.74) is 0.268. The molecule has 17 heavy (non-hydrogen) atoms. The first-order valence-electron chi connectivity index (χ1n) is 5.10. The standard InChI is InChI=1S/C12H12FNO3/c1-2-17-11(16)5-8-3-9(6-14)12(13)10(4-8)7-15/h3-4,15H,2,5,7H2,1H3. The molecule has 0 aliphatic carbocycles. The third kappa shape index (κ3) is 3.26. The van der Waals surface area contributed by atoms with Gasteiger partial charge in [0.2, 0.25) is 0 Å². The van der Waals surface area contributed by atoms with Crippen LogP contribution in [0, 0.1) is 17.1 Å². The minimum absolute atomic E-state index is 0.00310. The third-order valence-electron chi connectivity index (χ3n) is 2.15. The number of nitriles is 1. The lowest BCUT2D eigenvalue weighted by Crippen LogP contribution is -2.08. The molecule has 0 heterocycles. The maximum absolute atomic E-state index is 13.4. The van der Waals surface area contributed by atoms with E-state index < -0.39 is 18.4 Å². The van der Waals surface area contributed by atoms with Crippen molar-refractivity contribution >= 4 is 5.97 Å². The largest absolute Gasteiger partial charge is 0.466 e. The number of carbonyl (C=O) groups is 1. The number of ether oxygens (including phenoxy) is 1. The zero-order chi connectivity index (χ0) is 12.8. The first-order chi connectivity index (χ1) is 8.12. The van der Waals surface area contributed by atoms with E-state index >= 15 is 0 Å². The molecule has 0 amide bonds. The van der Waals surface area contributed by atoms with Gasteiger partial charge < -0.3 is 9.84 Å². The number of rotatable bonds is 4. The van der Waals surface area contributed by atoms with E-state index in [1.165, 1.54) is 12.1 Å². The van der Waals surface area contributed by atoms with Crippen LogP contribution in [-0.4, -0.2) is 17.7 Å². The van der Waals surface area contributed by atoms with Crippen LogP contribution in [-0.2, 0) is 22.6 Å². The van der Waals surface area contributed by atoms with Crippen LogP contribution in [0.15, 0.2) is 12.1 Å². The van der Waals surface area contributed by atoms with Crippen molar-refractivity contribution in [3.63, 3.8) is 0 Å². The molecule has 0 spiro atoms. The molecule has 0 atom stereocenters. The Morgan fingerprint density at radius 3 is 2.82 bits per heavy atom. The Hall–Kier alpha value is -1.93. The van der Waals surface area contributed by atoms with Crippen molar-refractivity contribution in [2.75, 3.05) is 6.61 Å². The van der Waals surface area contributed by atoms with E-state index in [2.05, 4.69) is 0 Å². The van der Waals surface area contributed by atoms with Crippen molar-refractivity contribution in [1.29, 1.82) is 5.26 Å². The van der Waals surface area contributed by atoms with Crippen molar-refractivity contribution in [2.45, 2.75) is 20.0 Å². The average molecular weight is 237 g/mol. The molecule has 1 aromatic rings. The zero-order valence-electron chi connectivity index (χ0n) is 9.36. The first kappa shape index (κ1) is 13.1. The zero-order valence-corrected chi connectivity index (χ0v) is 9.36. The topological polar surface area (TPSA) is 70.3 Å². The summed E-state index contributed by atoms with van der Waals surface area (Å²) in [4.78, 5) is 11.2. The maximum Gasteiger partial charge on any atom is 0.310 e. The monoisotopic (exact) mass is 237 g/mol. The van der Waals surface area contributed by atoms with Crippen molar-refractivity contribution in [1.82, 2.24) is 0 Å². The maximum atomic E-state index is 13.4. The second kappa shape index (κ2) is 5.97. The molecule has 0 aliphatic rings. The number of benzene rings is 1. The molecule has 90 valence electrons. The summed E-state index contributed by atoms with van der Waals surface area (Å²) in [6.45, 7) is 1.43. The van der Waals surface area contributed by atoms with E-state index in [0.717, 1.165) is 0 Å². The lowest BCUT2D eigenvalue weighted by atomic mass is 10.0. The van der Waals surface area contributed by atoms with Crippen molar-refractivity contribution < 1.29 is 19.0 Å². The predicted octanol–water partition coefficient (Wildman–Crippen LogP) is 1.30. The van der Waals surface area contributed by atoms with E-state index in [9.17, 15) is 9.18 Å². The number of aliphatic hydroxyl groups excluding tert-OH is 1. The van der Waals surface area contributed by atoms with Crippen LogP contribution in [0.1, 0.15) is 23.6 Å². The van der Waals surface area contributed by atoms with E-state index in [1.54, 1.807) is 13.0 Å². The van der Waals surface area contributed by atoms with Gasteiger partial charge in [-0.2, -0.15) is 5.26 Å². The molecule has 0 fully saturated rings.